The van der Waals surface area contributed by atoms with Crippen molar-refractivity contribution in [2.45, 2.75) is 26.1 Å². The van der Waals surface area contributed by atoms with Gasteiger partial charge in [0.15, 0.2) is 5.75 Å². The van der Waals surface area contributed by atoms with Crippen LogP contribution in [-0.4, -0.2) is 43.4 Å². The van der Waals surface area contributed by atoms with Crippen LogP contribution in [0, 0.1) is 10.1 Å². The molecule has 1 aromatic carbocycles. The van der Waals surface area contributed by atoms with E-state index < -0.39 is 4.92 Å². The van der Waals surface area contributed by atoms with Gasteiger partial charge in [0.1, 0.15) is 38.4 Å². The van der Waals surface area contributed by atoms with E-state index in [-0.39, 0.29) is 17.9 Å². The standard InChI is InChI=1S/C14H20N2O4/c1-11-9-15(10-12(2)20-11)7-8-19-14-6-4-3-5-13(14)16(17)18/h3-6,11-12H,7-10H2,1-2H3/p+1/t11-,12-/m1/s1. The molecule has 20 heavy (non-hydrogen) atoms. The van der Waals surface area contributed by atoms with Crippen LogP contribution in [0.15, 0.2) is 24.3 Å². The highest BCUT2D eigenvalue weighted by molar-refractivity contribution is 5.45. The summed E-state index contributed by atoms with van der Waals surface area (Å²) in [6.45, 7) is 7.33. The Labute approximate surface area is 118 Å². The summed E-state index contributed by atoms with van der Waals surface area (Å²) in [4.78, 5) is 11.9. The van der Waals surface area contributed by atoms with Gasteiger partial charge in [0.05, 0.1) is 4.92 Å². The summed E-state index contributed by atoms with van der Waals surface area (Å²) in [6.07, 6.45) is 0.500. The molecule has 0 aromatic heterocycles. The van der Waals surface area contributed by atoms with Crippen molar-refractivity contribution in [1.82, 2.24) is 0 Å². The number of hydrogen-bond acceptors (Lipinski definition) is 4. The van der Waals surface area contributed by atoms with Gasteiger partial charge < -0.3 is 14.4 Å². The molecule has 1 saturated heterocycles. The van der Waals surface area contributed by atoms with Crippen molar-refractivity contribution < 1.29 is 19.3 Å². The Morgan fingerprint density at radius 1 is 1.35 bits per heavy atom. The van der Waals surface area contributed by atoms with E-state index in [0.717, 1.165) is 19.6 Å². The van der Waals surface area contributed by atoms with Crippen LogP contribution in [0.1, 0.15) is 13.8 Å². The molecule has 2 atom stereocenters. The minimum absolute atomic E-state index is 0.0196. The number of hydrogen-bond donors (Lipinski definition) is 1. The van der Waals surface area contributed by atoms with Gasteiger partial charge >= 0.3 is 5.69 Å². The molecule has 1 aliphatic heterocycles. The molecule has 1 N–H and O–H groups in total. The summed E-state index contributed by atoms with van der Waals surface area (Å²) in [5.74, 6) is 0.339. The highest BCUT2D eigenvalue weighted by Crippen LogP contribution is 2.25. The van der Waals surface area contributed by atoms with Gasteiger partial charge in [-0.2, -0.15) is 0 Å². The predicted octanol–water partition coefficient (Wildman–Crippen LogP) is 0.666. The minimum Gasteiger partial charge on any atom is -0.481 e. The van der Waals surface area contributed by atoms with Crippen LogP contribution in [-0.2, 0) is 4.74 Å². The summed E-state index contributed by atoms with van der Waals surface area (Å²) in [5.41, 5.74) is 0.0196. The second-order valence-electron chi connectivity index (χ2n) is 5.24. The van der Waals surface area contributed by atoms with Gasteiger partial charge in [-0.25, -0.2) is 0 Å². The maximum absolute atomic E-state index is 10.9. The molecule has 0 radical (unpaired) electrons. The highest BCUT2D eigenvalue weighted by atomic mass is 16.6. The average molecular weight is 281 g/mol. The fourth-order valence-corrected chi connectivity index (χ4v) is 2.63. The van der Waals surface area contributed by atoms with E-state index in [0.29, 0.717) is 12.4 Å². The Kier molecular flexibility index (Phi) is 4.92. The first-order valence-corrected chi connectivity index (χ1v) is 6.91. The van der Waals surface area contributed by atoms with Gasteiger partial charge in [0.2, 0.25) is 0 Å². The number of nitro benzene ring substituents is 1. The first kappa shape index (κ1) is 14.7. The lowest BCUT2D eigenvalue weighted by molar-refractivity contribution is -0.915. The Bertz CT molecular complexity index is 456. The molecule has 110 valence electrons. The Balaban J connectivity index is 1.85. The second kappa shape index (κ2) is 6.67. The summed E-state index contributed by atoms with van der Waals surface area (Å²) in [6, 6.07) is 6.48. The minimum atomic E-state index is -0.416. The molecule has 0 saturated carbocycles. The topological polar surface area (TPSA) is 66.0 Å². The van der Waals surface area contributed by atoms with E-state index >= 15 is 0 Å². The number of para-hydroxylation sites is 2. The molecule has 0 spiro atoms. The van der Waals surface area contributed by atoms with Gasteiger partial charge in [-0.15, -0.1) is 0 Å². The molecule has 6 heteroatoms. The van der Waals surface area contributed by atoms with Crippen molar-refractivity contribution in [2.24, 2.45) is 0 Å². The quantitative estimate of drug-likeness (QED) is 0.636. The molecular formula is C14H21N2O4+. The largest absolute Gasteiger partial charge is 0.481 e. The predicted molar refractivity (Wildman–Crippen MR) is 74.2 cm³/mol. The number of nitro groups is 1. The normalized spacial score (nSPS) is 26.2. The van der Waals surface area contributed by atoms with Crippen molar-refractivity contribution in [1.29, 1.82) is 0 Å². The molecule has 0 amide bonds. The van der Waals surface area contributed by atoms with Gasteiger partial charge in [-0.1, -0.05) is 12.1 Å². The van der Waals surface area contributed by atoms with Crippen molar-refractivity contribution in [3.63, 3.8) is 0 Å². The lowest BCUT2D eigenvalue weighted by Gasteiger charge is -2.32. The highest BCUT2D eigenvalue weighted by Gasteiger charge is 2.25. The number of nitrogens with one attached hydrogen (secondary N) is 1. The van der Waals surface area contributed by atoms with Crippen LogP contribution in [0.2, 0.25) is 0 Å². The zero-order valence-electron chi connectivity index (χ0n) is 11.9. The zero-order chi connectivity index (χ0) is 14.5. The summed E-state index contributed by atoms with van der Waals surface area (Å²) in [7, 11) is 0. The number of morpholine rings is 1. The van der Waals surface area contributed by atoms with Gasteiger partial charge in [-0.3, -0.25) is 10.1 Å². The molecule has 1 fully saturated rings. The van der Waals surface area contributed by atoms with Crippen molar-refractivity contribution in [2.75, 3.05) is 26.2 Å². The van der Waals surface area contributed by atoms with E-state index in [1.54, 1.807) is 18.2 Å². The monoisotopic (exact) mass is 281 g/mol. The molecule has 2 rings (SSSR count). The third-order valence-corrected chi connectivity index (χ3v) is 3.39. The SMILES string of the molecule is C[C@@H]1C[NH+](CCOc2ccccc2[N+](=O)[O-])C[C@@H](C)O1. The lowest BCUT2D eigenvalue weighted by atomic mass is 10.2. The van der Waals surface area contributed by atoms with Gasteiger partial charge in [0, 0.05) is 6.07 Å². The maximum atomic E-state index is 10.9. The molecule has 0 aliphatic carbocycles. The van der Waals surface area contributed by atoms with E-state index in [4.69, 9.17) is 9.47 Å². The van der Waals surface area contributed by atoms with Crippen molar-refractivity contribution in [3.05, 3.63) is 34.4 Å². The molecule has 1 aromatic rings. The van der Waals surface area contributed by atoms with E-state index in [9.17, 15) is 10.1 Å². The summed E-state index contributed by atoms with van der Waals surface area (Å²) >= 11 is 0. The van der Waals surface area contributed by atoms with Gasteiger partial charge in [0.25, 0.3) is 0 Å². The van der Waals surface area contributed by atoms with Crippen LogP contribution in [0.4, 0.5) is 5.69 Å². The van der Waals surface area contributed by atoms with Crippen molar-refractivity contribution >= 4 is 5.69 Å². The third kappa shape index (κ3) is 3.91. The van der Waals surface area contributed by atoms with Crippen LogP contribution in [0.3, 0.4) is 0 Å². The number of quaternary nitrogens is 1. The third-order valence-electron chi connectivity index (χ3n) is 3.39. The van der Waals surface area contributed by atoms with Crippen LogP contribution in [0.25, 0.3) is 0 Å². The molecule has 1 aliphatic rings. The molecule has 0 bridgehead atoms. The number of rotatable bonds is 5. The number of benzene rings is 1. The Hall–Kier alpha value is -1.66. The van der Waals surface area contributed by atoms with E-state index in [2.05, 4.69) is 13.8 Å². The number of nitrogens with zero attached hydrogens (tertiary/aromatic N) is 1. The molecule has 0 unspecified atom stereocenters. The first-order valence-electron chi connectivity index (χ1n) is 6.91. The first-order chi connectivity index (χ1) is 9.56. The fraction of sp³-hybridized carbons (Fsp3) is 0.571. The number of ether oxygens (including phenoxy) is 2. The summed E-state index contributed by atoms with van der Waals surface area (Å²) in [5, 5.41) is 10.9. The fourth-order valence-electron chi connectivity index (χ4n) is 2.63. The second-order valence-corrected chi connectivity index (χ2v) is 5.24. The molecular weight excluding hydrogens is 260 g/mol. The Morgan fingerprint density at radius 2 is 2.00 bits per heavy atom. The van der Waals surface area contributed by atoms with Crippen LogP contribution >= 0.6 is 0 Å². The van der Waals surface area contributed by atoms with Crippen LogP contribution in [0.5, 0.6) is 5.75 Å². The lowest BCUT2D eigenvalue weighted by Crippen LogP contribution is -3.16. The molecule has 1 heterocycles. The Morgan fingerprint density at radius 3 is 2.65 bits per heavy atom. The zero-order valence-corrected chi connectivity index (χ0v) is 11.9. The average Bonchev–Trinajstić information content (AvgIpc) is 2.38. The smallest absolute Gasteiger partial charge is 0.310 e. The summed E-state index contributed by atoms with van der Waals surface area (Å²) < 4.78 is 11.2. The van der Waals surface area contributed by atoms with E-state index in [1.807, 2.05) is 0 Å². The molecule has 6 nitrogen and oxygen atoms in total. The maximum Gasteiger partial charge on any atom is 0.310 e. The van der Waals surface area contributed by atoms with Crippen LogP contribution < -0.4 is 9.64 Å². The van der Waals surface area contributed by atoms with Crippen molar-refractivity contribution in [3.8, 4) is 5.75 Å². The van der Waals surface area contributed by atoms with E-state index in [1.165, 1.54) is 11.0 Å². The van der Waals surface area contributed by atoms with Gasteiger partial charge in [-0.05, 0) is 19.9 Å².